The molecule has 1 aliphatic carbocycles. The lowest BCUT2D eigenvalue weighted by molar-refractivity contribution is -0.133. The molecule has 0 aromatic heterocycles. The van der Waals surface area contributed by atoms with Crippen LogP contribution in [0.5, 0.6) is 0 Å². The number of Topliss-reactive ketones (excluding diaryl/α,β-unsaturated/α-hetero) is 1. The zero-order chi connectivity index (χ0) is 10.1. The number of hydrogen-bond donors (Lipinski definition) is 1. The Morgan fingerprint density at radius 1 is 1.54 bits per heavy atom. The molecule has 2 unspecified atom stereocenters. The summed E-state index contributed by atoms with van der Waals surface area (Å²) < 4.78 is 0. The molecule has 0 spiro atoms. The molecule has 2 nitrogen and oxygen atoms in total. The Bertz CT molecular complexity index is 271. The molecule has 0 saturated carbocycles. The minimum atomic E-state index is -1.55. The Kier molecular flexibility index (Phi) is 3.17. The molecular formula is C9H10Cl2O2. The Morgan fingerprint density at radius 2 is 2.15 bits per heavy atom. The molecule has 1 aliphatic rings. The van der Waals surface area contributed by atoms with Gasteiger partial charge in [-0.05, 0) is 13.0 Å². The van der Waals surface area contributed by atoms with Crippen molar-refractivity contribution in [2.24, 2.45) is 5.92 Å². The van der Waals surface area contributed by atoms with Crippen molar-refractivity contribution in [3.8, 4) is 0 Å². The quantitative estimate of drug-likeness (QED) is 0.722. The summed E-state index contributed by atoms with van der Waals surface area (Å²) in [5.41, 5.74) is -1.55. The zero-order valence-electron chi connectivity index (χ0n) is 7.08. The predicted octanol–water partition coefficient (Wildman–Crippen LogP) is 1.85. The highest BCUT2D eigenvalue weighted by Gasteiger charge is 2.41. The van der Waals surface area contributed by atoms with Crippen LogP contribution in [0, 0.1) is 5.92 Å². The van der Waals surface area contributed by atoms with Crippen molar-refractivity contribution in [2.45, 2.75) is 17.4 Å². The van der Waals surface area contributed by atoms with Crippen molar-refractivity contribution < 1.29 is 9.90 Å². The molecule has 0 saturated heterocycles. The van der Waals surface area contributed by atoms with E-state index in [4.69, 9.17) is 23.2 Å². The molecular weight excluding hydrogens is 211 g/mol. The van der Waals surface area contributed by atoms with E-state index in [0.29, 0.717) is 0 Å². The van der Waals surface area contributed by atoms with Crippen LogP contribution >= 0.6 is 23.2 Å². The summed E-state index contributed by atoms with van der Waals surface area (Å²) in [4.78, 5) is 10.4. The van der Waals surface area contributed by atoms with E-state index >= 15 is 0 Å². The first-order valence-corrected chi connectivity index (χ1v) is 4.73. The molecule has 0 fully saturated rings. The average molecular weight is 221 g/mol. The number of allylic oxidation sites excluding steroid dienone is 2. The number of aliphatic hydroxyl groups is 1. The van der Waals surface area contributed by atoms with Crippen molar-refractivity contribution in [3.63, 3.8) is 0 Å². The lowest BCUT2D eigenvalue weighted by Gasteiger charge is -2.31. The largest absolute Gasteiger partial charge is 0.377 e. The first-order chi connectivity index (χ1) is 5.98. The summed E-state index contributed by atoms with van der Waals surface area (Å²) >= 11 is 11.3. The topological polar surface area (TPSA) is 37.3 Å². The van der Waals surface area contributed by atoms with Crippen LogP contribution < -0.4 is 0 Å². The fourth-order valence-corrected chi connectivity index (χ4v) is 1.82. The van der Waals surface area contributed by atoms with E-state index in [2.05, 4.69) is 0 Å². The van der Waals surface area contributed by atoms with Crippen LogP contribution in [-0.4, -0.2) is 21.3 Å². The van der Waals surface area contributed by atoms with Gasteiger partial charge in [0.2, 0.25) is 0 Å². The van der Waals surface area contributed by atoms with Crippen molar-refractivity contribution in [1.82, 2.24) is 0 Å². The van der Waals surface area contributed by atoms with Crippen molar-refractivity contribution >= 4 is 29.0 Å². The van der Waals surface area contributed by atoms with Gasteiger partial charge in [0.15, 0.2) is 5.78 Å². The molecule has 0 radical (unpaired) electrons. The zero-order valence-corrected chi connectivity index (χ0v) is 8.59. The Morgan fingerprint density at radius 3 is 2.54 bits per heavy atom. The third-order valence-electron chi connectivity index (χ3n) is 2.12. The maximum atomic E-state index is 11.2. The minimum Gasteiger partial charge on any atom is -0.377 e. The highest BCUT2D eigenvalue weighted by Crippen LogP contribution is 2.32. The summed E-state index contributed by atoms with van der Waals surface area (Å²) in [5.74, 6) is -0.928. The number of carbonyl (C=O) groups excluding carboxylic acids is 1. The number of halogens is 2. The first kappa shape index (κ1) is 10.8. The van der Waals surface area contributed by atoms with E-state index in [1.54, 1.807) is 18.2 Å². The molecule has 0 amide bonds. The molecule has 1 rings (SSSR count). The van der Waals surface area contributed by atoms with Crippen molar-refractivity contribution in [3.05, 3.63) is 24.3 Å². The highest BCUT2D eigenvalue weighted by atomic mass is 35.5. The lowest BCUT2D eigenvalue weighted by atomic mass is 9.82. The van der Waals surface area contributed by atoms with E-state index in [0.717, 1.165) is 0 Å². The molecule has 0 aromatic rings. The van der Waals surface area contributed by atoms with Crippen molar-refractivity contribution in [1.29, 1.82) is 0 Å². The summed E-state index contributed by atoms with van der Waals surface area (Å²) in [6.45, 7) is 1.31. The first-order valence-electron chi connectivity index (χ1n) is 3.86. The van der Waals surface area contributed by atoms with Gasteiger partial charge in [0.1, 0.15) is 10.4 Å². The van der Waals surface area contributed by atoms with Gasteiger partial charge in [-0.3, -0.25) is 4.79 Å². The lowest BCUT2D eigenvalue weighted by Crippen LogP contribution is -2.45. The molecule has 0 aromatic carbocycles. The number of hydrogen-bond acceptors (Lipinski definition) is 2. The Hall–Kier alpha value is -0.310. The predicted molar refractivity (Wildman–Crippen MR) is 52.9 cm³/mol. The van der Waals surface area contributed by atoms with E-state index in [9.17, 15) is 9.90 Å². The number of carbonyl (C=O) groups is 1. The van der Waals surface area contributed by atoms with Gasteiger partial charge in [0.05, 0.1) is 0 Å². The minimum absolute atomic E-state index is 0.357. The second-order valence-corrected chi connectivity index (χ2v) is 4.15. The van der Waals surface area contributed by atoms with Crippen LogP contribution in [0.15, 0.2) is 24.3 Å². The number of ketones is 1. The van der Waals surface area contributed by atoms with Gasteiger partial charge in [-0.2, -0.15) is 0 Å². The van der Waals surface area contributed by atoms with E-state index in [1.165, 1.54) is 13.0 Å². The van der Waals surface area contributed by atoms with Crippen LogP contribution in [0.3, 0.4) is 0 Å². The van der Waals surface area contributed by atoms with Gasteiger partial charge < -0.3 is 5.11 Å². The van der Waals surface area contributed by atoms with Crippen LogP contribution in [0.4, 0.5) is 0 Å². The SMILES string of the molecule is CC(=O)C1(O)C=CC=CC1C(Cl)Cl. The Balaban J connectivity index is 3.00. The molecule has 1 N–H and O–H groups in total. The second kappa shape index (κ2) is 3.82. The fourth-order valence-electron chi connectivity index (χ4n) is 1.27. The van der Waals surface area contributed by atoms with Gasteiger partial charge in [0.25, 0.3) is 0 Å². The van der Waals surface area contributed by atoms with E-state index in [-0.39, 0.29) is 5.78 Å². The Labute approximate surface area is 86.8 Å². The maximum absolute atomic E-state index is 11.2. The monoisotopic (exact) mass is 220 g/mol. The molecule has 0 aliphatic heterocycles. The van der Waals surface area contributed by atoms with Crippen molar-refractivity contribution in [2.75, 3.05) is 0 Å². The van der Waals surface area contributed by atoms with Crippen LogP contribution in [0.1, 0.15) is 6.92 Å². The standard InChI is InChI=1S/C9H10Cl2O2/c1-6(12)9(13)5-3-2-4-7(9)8(10)11/h2-5,7-8,13H,1H3. The van der Waals surface area contributed by atoms with Crippen LogP contribution in [-0.2, 0) is 4.79 Å². The molecule has 2 atom stereocenters. The number of rotatable bonds is 2. The van der Waals surface area contributed by atoms with E-state index < -0.39 is 16.4 Å². The van der Waals surface area contributed by atoms with Gasteiger partial charge >= 0.3 is 0 Å². The normalized spacial score (nSPS) is 32.5. The molecule has 13 heavy (non-hydrogen) atoms. The van der Waals surface area contributed by atoms with Gasteiger partial charge in [-0.15, -0.1) is 23.2 Å². The fraction of sp³-hybridized carbons (Fsp3) is 0.444. The maximum Gasteiger partial charge on any atom is 0.165 e. The average Bonchev–Trinajstić information content (AvgIpc) is 2.04. The summed E-state index contributed by atoms with van der Waals surface area (Å²) in [5, 5.41) is 9.92. The second-order valence-electron chi connectivity index (χ2n) is 2.99. The summed E-state index contributed by atoms with van der Waals surface area (Å²) in [6, 6.07) is 0. The van der Waals surface area contributed by atoms with E-state index in [1.807, 2.05) is 0 Å². The van der Waals surface area contributed by atoms with Gasteiger partial charge in [-0.25, -0.2) is 0 Å². The van der Waals surface area contributed by atoms with Crippen LogP contribution in [0.2, 0.25) is 0 Å². The van der Waals surface area contributed by atoms with Gasteiger partial charge in [-0.1, -0.05) is 18.2 Å². The highest BCUT2D eigenvalue weighted by molar-refractivity contribution is 6.44. The van der Waals surface area contributed by atoms with Crippen LogP contribution in [0.25, 0.3) is 0 Å². The molecule has 4 heteroatoms. The number of alkyl halides is 2. The molecule has 72 valence electrons. The molecule has 0 bridgehead atoms. The summed E-state index contributed by atoms with van der Waals surface area (Å²) in [6.07, 6.45) is 6.36. The summed E-state index contributed by atoms with van der Waals surface area (Å²) in [7, 11) is 0. The third kappa shape index (κ3) is 1.96. The smallest absolute Gasteiger partial charge is 0.165 e. The van der Waals surface area contributed by atoms with Gasteiger partial charge in [0, 0.05) is 5.92 Å². The molecule has 0 heterocycles. The third-order valence-corrected chi connectivity index (χ3v) is 2.67.